The maximum absolute atomic E-state index is 11.7. The molecule has 0 radical (unpaired) electrons. The number of aromatic hydroxyl groups is 1. The van der Waals surface area contributed by atoms with Crippen LogP contribution in [0, 0.1) is 0 Å². The third kappa shape index (κ3) is 2.17. The molecule has 2 aromatic heterocycles. The summed E-state index contributed by atoms with van der Waals surface area (Å²) in [5.41, 5.74) is -0.127. The minimum atomic E-state index is -0.619. The van der Waals surface area contributed by atoms with E-state index >= 15 is 0 Å². The molecule has 6 heteroatoms. The van der Waals surface area contributed by atoms with Crippen molar-refractivity contribution in [3.8, 4) is 5.88 Å². The zero-order valence-electron chi connectivity index (χ0n) is 9.88. The predicted molar refractivity (Wildman–Crippen MR) is 65.7 cm³/mol. The summed E-state index contributed by atoms with van der Waals surface area (Å²) in [5, 5.41) is 9.94. The Bertz CT molecular complexity index is 659. The molecular formula is C12H13N3O3. The fraction of sp³-hybridized carbons (Fsp3) is 0.250. The van der Waals surface area contributed by atoms with Crippen LogP contribution >= 0.6 is 0 Å². The van der Waals surface area contributed by atoms with Gasteiger partial charge in [0.2, 0.25) is 5.88 Å². The van der Waals surface area contributed by atoms with Gasteiger partial charge >= 0.3 is 5.69 Å². The van der Waals surface area contributed by atoms with E-state index in [1.165, 1.54) is 0 Å². The summed E-state index contributed by atoms with van der Waals surface area (Å²) in [6.45, 7) is 1.93. The summed E-state index contributed by atoms with van der Waals surface area (Å²) in [4.78, 5) is 29.2. The molecule has 2 aromatic rings. The van der Waals surface area contributed by atoms with Crippen molar-refractivity contribution in [2.24, 2.45) is 0 Å². The van der Waals surface area contributed by atoms with E-state index in [2.05, 4.69) is 9.97 Å². The zero-order valence-corrected chi connectivity index (χ0v) is 9.88. The second kappa shape index (κ2) is 4.87. The average Bonchev–Trinajstić information content (AvgIpc) is 2.36. The molecule has 0 amide bonds. The maximum Gasteiger partial charge on any atom is 0.331 e. The fourth-order valence-corrected chi connectivity index (χ4v) is 1.74. The molecule has 2 heterocycles. The third-order valence-corrected chi connectivity index (χ3v) is 2.71. The SMILES string of the molecule is CCc1c(O)n(Cc2ccncc2)c(=O)[nH]c1=O. The molecule has 2 rings (SSSR count). The summed E-state index contributed by atoms with van der Waals surface area (Å²) < 4.78 is 1.13. The van der Waals surface area contributed by atoms with Crippen molar-refractivity contribution in [1.29, 1.82) is 0 Å². The number of nitrogens with one attached hydrogen (secondary N) is 1. The van der Waals surface area contributed by atoms with Gasteiger partial charge in [-0.05, 0) is 24.1 Å². The molecule has 0 atom stereocenters. The number of aromatic amines is 1. The molecule has 6 nitrogen and oxygen atoms in total. The largest absolute Gasteiger partial charge is 0.494 e. The lowest BCUT2D eigenvalue weighted by atomic mass is 10.2. The molecule has 94 valence electrons. The van der Waals surface area contributed by atoms with Gasteiger partial charge in [-0.25, -0.2) is 4.79 Å². The Hall–Kier alpha value is -2.37. The van der Waals surface area contributed by atoms with Crippen molar-refractivity contribution in [3.63, 3.8) is 0 Å². The highest BCUT2D eigenvalue weighted by atomic mass is 16.3. The van der Waals surface area contributed by atoms with Crippen LogP contribution in [0.4, 0.5) is 0 Å². The molecule has 0 aliphatic carbocycles. The fourth-order valence-electron chi connectivity index (χ4n) is 1.74. The van der Waals surface area contributed by atoms with Gasteiger partial charge in [-0.3, -0.25) is 19.3 Å². The monoisotopic (exact) mass is 247 g/mol. The standard InChI is InChI=1S/C12H13N3O3/c1-2-9-10(16)14-12(18)15(11(9)17)7-8-3-5-13-6-4-8/h3-6,17H,2,7H2,1H3,(H,14,16,18). The van der Waals surface area contributed by atoms with Crippen LogP contribution in [0.1, 0.15) is 18.1 Å². The van der Waals surface area contributed by atoms with Crippen LogP contribution in [-0.2, 0) is 13.0 Å². The van der Waals surface area contributed by atoms with Gasteiger partial charge in [-0.1, -0.05) is 6.92 Å². The van der Waals surface area contributed by atoms with E-state index in [4.69, 9.17) is 0 Å². The molecule has 18 heavy (non-hydrogen) atoms. The first-order chi connectivity index (χ1) is 8.63. The van der Waals surface area contributed by atoms with Gasteiger partial charge in [0.05, 0.1) is 12.1 Å². The summed E-state index contributed by atoms with van der Waals surface area (Å²) in [7, 11) is 0. The minimum Gasteiger partial charge on any atom is -0.494 e. The van der Waals surface area contributed by atoms with Crippen LogP contribution in [0.5, 0.6) is 5.88 Å². The van der Waals surface area contributed by atoms with E-state index < -0.39 is 11.2 Å². The smallest absolute Gasteiger partial charge is 0.331 e. The topological polar surface area (TPSA) is 88.0 Å². The molecule has 0 spiro atoms. The Morgan fingerprint density at radius 2 is 2.00 bits per heavy atom. The summed E-state index contributed by atoms with van der Waals surface area (Å²) in [6, 6.07) is 3.48. The van der Waals surface area contributed by atoms with E-state index in [0.29, 0.717) is 6.42 Å². The number of aromatic nitrogens is 3. The van der Waals surface area contributed by atoms with Crippen molar-refractivity contribution in [2.75, 3.05) is 0 Å². The highest BCUT2D eigenvalue weighted by Gasteiger charge is 2.12. The first kappa shape index (κ1) is 12.1. The van der Waals surface area contributed by atoms with E-state index in [0.717, 1.165) is 10.1 Å². The third-order valence-electron chi connectivity index (χ3n) is 2.71. The lowest BCUT2D eigenvalue weighted by Gasteiger charge is -2.10. The highest BCUT2D eigenvalue weighted by molar-refractivity contribution is 5.24. The minimum absolute atomic E-state index is 0.191. The van der Waals surface area contributed by atoms with Gasteiger partial charge in [-0.2, -0.15) is 0 Å². The molecule has 0 aliphatic rings. The number of hydrogen-bond donors (Lipinski definition) is 2. The Morgan fingerprint density at radius 1 is 1.33 bits per heavy atom. The van der Waals surface area contributed by atoms with Crippen LogP contribution in [-0.4, -0.2) is 19.6 Å². The lowest BCUT2D eigenvalue weighted by molar-refractivity contribution is 0.402. The van der Waals surface area contributed by atoms with E-state index in [-0.39, 0.29) is 18.0 Å². The van der Waals surface area contributed by atoms with Crippen LogP contribution in [0.25, 0.3) is 0 Å². The van der Waals surface area contributed by atoms with Crippen molar-refractivity contribution in [3.05, 3.63) is 56.5 Å². The molecule has 0 bridgehead atoms. The second-order valence-corrected chi connectivity index (χ2v) is 3.86. The Labute approximate surface area is 103 Å². The van der Waals surface area contributed by atoms with Crippen LogP contribution in [0.15, 0.2) is 34.1 Å². The van der Waals surface area contributed by atoms with Gasteiger partial charge in [0.1, 0.15) is 0 Å². The summed E-state index contributed by atoms with van der Waals surface area (Å²) in [6.07, 6.45) is 3.56. The van der Waals surface area contributed by atoms with E-state index in [9.17, 15) is 14.7 Å². The number of H-pyrrole nitrogens is 1. The summed E-state index contributed by atoms with van der Waals surface area (Å²) in [5.74, 6) is -0.275. The Morgan fingerprint density at radius 3 is 2.61 bits per heavy atom. The number of pyridine rings is 1. The molecule has 0 unspecified atom stereocenters. The summed E-state index contributed by atoms with van der Waals surface area (Å²) >= 11 is 0. The first-order valence-corrected chi connectivity index (χ1v) is 5.57. The first-order valence-electron chi connectivity index (χ1n) is 5.57. The molecule has 0 aromatic carbocycles. The lowest BCUT2D eigenvalue weighted by Crippen LogP contribution is -2.32. The zero-order chi connectivity index (χ0) is 13.1. The maximum atomic E-state index is 11.7. The highest BCUT2D eigenvalue weighted by Crippen LogP contribution is 2.12. The number of hydrogen-bond acceptors (Lipinski definition) is 4. The number of nitrogens with zero attached hydrogens (tertiary/aromatic N) is 2. The van der Waals surface area contributed by atoms with Crippen molar-refractivity contribution in [1.82, 2.24) is 14.5 Å². The van der Waals surface area contributed by atoms with E-state index in [1.54, 1.807) is 31.5 Å². The normalized spacial score (nSPS) is 10.5. The molecule has 2 N–H and O–H groups in total. The van der Waals surface area contributed by atoms with Gasteiger partial charge < -0.3 is 5.11 Å². The van der Waals surface area contributed by atoms with Crippen molar-refractivity contribution < 1.29 is 5.11 Å². The molecule has 0 saturated heterocycles. The predicted octanol–water partition coefficient (Wildman–Crippen LogP) is 0.248. The molecule has 0 fully saturated rings. The number of rotatable bonds is 3. The van der Waals surface area contributed by atoms with E-state index in [1.807, 2.05) is 0 Å². The second-order valence-electron chi connectivity index (χ2n) is 3.86. The van der Waals surface area contributed by atoms with Gasteiger partial charge in [0, 0.05) is 12.4 Å². The quantitative estimate of drug-likeness (QED) is 0.813. The molecule has 0 aliphatic heterocycles. The van der Waals surface area contributed by atoms with Gasteiger partial charge in [0.15, 0.2) is 0 Å². The van der Waals surface area contributed by atoms with Gasteiger partial charge in [-0.15, -0.1) is 0 Å². The van der Waals surface area contributed by atoms with Crippen LogP contribution in [0.2, 0.25) is 0 Å². The molecule has 0 saturated carbocycles. The van der Waals surface area contributed by atoms with Crippen LogP contribution < -0.4 is 11.2 Å². The average molecular weight is 247 g/mol. The molecular weight excluding hydrogens is 234 g/mol. The van der Waals surface area contributed by atoms with Crippen molar-refractivity contribution in [2.45, 2.75) is 19.9 Å². The Balaban J connectivity index is 2.52. The van der Waals surface area contributed by atoms with Crippen LogP contribution in [0.3, 0.4) is 0 Å². The van der Waals surface area contributed by atoms with Gasteiger partial charge in [0.25, 0.3) is 5.56 Å². The Kier molecular flexibility index (Phi) is 3.27. The van der Waals surface area contributed by atoms with Crippen molar-refractivity contribution >= 4 is 0 Å².